The third-order valence-corrected chi connectivity index (χ3v) is 5.73. The molecule has 3 aromatic rings. The number of anilines is 4. The lowest BCUT2D eigenvalue weighted by atomic mass is 9.99. The number of hydrogen-bond donors (Lipinski definition) is 2. The molecule has 1 aliphatic rings. The number of aryl methyl sites for hydroxylation is 1. The number of fused-ring (bicyclic) bond motifs is 1. The van der Waals surface area contributed by atoms with E-state index in [1.807, 2.05) is 6.07 Å². The van der Waals surface area contributed by atoms with E-state index in [4.69, 9.17) is 5.73 Å². The molecular formula is C18H22N6S. The summed E-state index contributed by atoms with van der Waals surface area (Å²) in [6, 6.07) is 6.20. The van der Waals surface area contributed by atoms with Crippen LogP contribution in [-0.4, -0.2) is 28.0 Å². The average molecular weight is 354 g/mol. The molecule has 0 saturated carbocycles. The van der Waals surface area contributed by atoms with Crippen LogP contribution < -0.4 is 16.0 Å². The Labute approximate surface area is 151 Å². The van der Waals surface area contributed by atoms with Crippen molar-refractivity contribution in [2.24, 2.45) is 5.92 Å². The molecular weight excluding hydrogens is 332 g/mol. The molecule has 25 heavy (non-hydrogen) atoms. The monoisotopic (exact) mass is 354 g/mol. The Morgan fingerprint density at radius 1 is 1.24 bits per heavy atom. The maximum Gasteiger partial charge on any atom is 0.189 e. The van der Waals surface area contributed by atoms with Gasteiger partial charge in [-0.2, -0.15) is 0 Å². The summed E-state index contributed by atoms with van der Waals surface area (Å²) in [6.45, 7) is 6.34. The lowest BCUT2D eigenvalue weighted by Gasteiger charge is -2.32. The number of nitrogens with zero attached hydrogens (tertiary/aromatic N) is 4. The van der Waals surface area contributed by atoms with Gasteiger partial charge in [-0.15, -0.1) is 0 Å². The number of thiazole rings is 1. The fraction of sp³-hybridized carbons (Fsp3) is 0.389. The molecule has 1 aliphatic heterocycles. The van der Waals surface area contributed by atoms with Crippen LogP contribution in [0.25, 0.3) is 10.2 Å². The second kappa shape index (κ2) is 6.48. The van der Waals surface area contributed by atoms with Crippen LogP contribution in [0.2, 0.25) is 0 Å². The molecule has 0 bridgehead atoms. The molecule has 0 unspecified atom stereocenters. The Hall–Kier alpha value is -2.41. The Balaban J connectivity index is 1.62. The normalized spacial score (nSPS) is 15.7. The van der Waals surface area contributed by atoms with Gasteiger partial charge in [0.1, 0.15) is 12.0 Å². The fourth-order valence-electron chi connectivity index (χ4n) is 3.20. The molecule has 7 heteroatoms. The van der Waals surface area contributed by atoms with Crippen LogP contribution >= 0.6 is 11.3 Å². The van der Waals surface area contributed by atoms with Crippen molar-refractivity contribution in [2.75, 3.05) is 29.0 Å². The van der Waals surface area contributed by atoms with Crippen molar-refractivity contribution in [1.82, 2.24) is 15.0 Å². The zero-order valence-electron chi connectivity index (χ0n) is 14.5. The van der Waals surface area contributed by atoms with Gasteiger partial charge in [-0.05, 0) is 37.3 Å². The lowest BCUT2D eigenvalue weighted by Crippen LogP contribution is -2.34. The molecule has 6 nitrogen and oxygen atoms in total. The van der Waals surface area contributed by atoms with Gasteiger partial charge < -0.3 is 16.0 Å². The Kier molecular flexibility index (Phi) is 4.17. The van der Waals surface area contributed by atoms with E-state index < -0.39 is 0 Å². The largest absolute Gasteiger partial charge is 0.393 e. The molecule has 0 radical (unpaired) electrons. The summed E-state index contributed by atoms with van der Waals surface area (Å²) in [5.41, 5.74) is 9.15. The maximum absolute atomic E-state index is 6.37. The molecule has 2 aromatic heterocycles. The number of hydrogen-bond acceptors (Lipinski definition) is 7. The Morgan fingerprint density at radius 3 is 2.80 bits per heavy atom. The molecule has 0 aliphatic carbocycles. The molecule has 130 valence electrons. The van der Waals surface area contributed by atoms with Gasteiger partial charge in [0.25, 0.3) is 0 Å². The Morgan fingerprint density at radius 2 is 2.04 bits per heavy atom. The SMILES string of the molecule is Cc1cccc2sc(Nc3ncnc(N4CCC(C)CC4)c3N)nc12. The van der Waals surface area contributed by atoms with Crippen molar-refractivity contribution in [3.05, 3.63) is 30.1 Å². The number of nitrogen functional groups attached to an aromatic ring is 1. The number of piperidine rings is 1. The van der Waals surface area contributed by atoms with Crippen LogP contribution in [0, 0.1) is 12.8 Å². The average Bonchev–Trinajstić information content (AvgIpc) is 3.02. The van der Waals surface area contributed by atoms with E-state index in [-0.39, 0.29) is 0 Å². The van der Waals surface area contributed by atoms with Crippen LogP contribution in [-0.2, 0) is 0 Å². The highest BCUT2D eigenvalue weighted by Gasteiger charge is 2.21. The van der Waals surface area contributed by atoms with Gasteiger partial charge in [-0.3, -0.25) is 0 Å². The summed E-state index contributed by atoms with van der Waals surface area (Å²) in [5, 5.41) is 4.08. The van der Waals surface area contributed by atoms with Gasteiger partial charge in [0.2, 0.25) is 0 Å². The Bertz CT molecular complexity index is 898. The van der Waals surface area contributed by atoms with Gasteiger partial charge in [0.15, 0.2) is 16.8 Å². The predicted octanol–water partition coefficient (Wildman–Crippen LogP) is 3.96. The van der Waals surface area contributed by atoms with Gasteiger partial charge >= 0.3 is 0 Å². The number of nitrogens with two attached hydrogens (primary N) is 1. The molecule has 3 heterocycles. The summed E-state index contributed by atoms with van der Waals surface area (Å²) in [4.78, 5) is 15.7. The molecule has 0 atom stereocenters. The van der Waals surface area contributed by atoms with Crippen molar-refractivity contribution >= 4 is 44.0 Å². The lowest BCUT2D eigenvalue weighted by molar-refractivity contribution is 0.437. The summed E-state index contributed by atoms with van der Waals surface area (Å²) >= 11 is 1.60. The summed E-state index contributed by atoms with van der Waals surface area (Å²) < 4.78 is 1.15. The van der Waals surface area contributed by atoms with Gasteiger partial charge in [0, 0.05) is 13.1 Å². The van der Waals surface area contributed by atoms with E-state index in [9.17, 15) is 0 Å². The van der Waals surface area contributed by atoms with Crippen molar-refractivity contribution in [3.8, 4) is 0 Å². The summed E-state index contributed by atoms with van der Waals surface area (Å²) in [7, 11) is 0. The molecule has 0 amide bonds. The van der Waals surface area contributed by atoms with Crippen LogP contribution in [0.1, 0.15) is 25.3 Å². The van der Waals surface area contributed by atoms with E-state index in [1.54, 1.807) is 17.7 Å². The van der Waals surface area contributed by atoms with Gasteiger partial charge in [-0.25, -0.2) is 15.0 Å². The highest BCUT2D eigenvalue weighted by atomic mass is 32.1. The fourth-order valence-corrected chi connectivity index (χ4v) is 4.14. The van der Waals surface area contributed by atoms with E-state index >= 15 is 0 Å². The van der Waals surface area contributed by atoms with Gasteiger partial charge in [-0.1, -0.05) is 30.4 Å². The van der Waals surface area contributed by atoms with Crippen molar-refractivity contribution in [2.45, 2.75) is 26.7 Å². The first-order valence-corrected chi connectivity index (χ1v) is 9.42. The molecule has 1 fully saturated rings. The summed E-state index contributed by atoms with van der Waals surface area (Å²) in [5.74, 6) is 2.21. The second-order valence-corrected chi connectivity index (χ2v) is 7.73. The van der Waals surface area contributed by atoms with Crippen LogP contribution in [0.3, 0.4) is 0 Å². The van der Waals surface area contributed by atoms with Crippen LogP contribution in [0.5, 0.6) is 0 Å². The second-order valence-electron chi connectivity index (χ2n) is 6.69. The number of para-hydroxylation sites is 1. The molecule has 1 aromatic carbocycles. The molecule has 3 N–H and O–H groups in total. The molecule has 1 saturated heterocycles. The van der Waals surface area contributed by atoms with Crippen LogP contribution in [0.4, 0.5) is 22.5 Å². The topological polar surface area (TPSA) is 80.0 Å². The number of rotatable bonds is 3. The van der Waals surface area contributed by atoms with E-state index in [0.29, 0.717) is 11.5 Å². The minimum absolute atomic E-state index is 0.591. The van der Waals surface area contributed by atoms with Crippen molar-refractivity contribution in [1.29, 1.82) is 0 Å². The van der Waals surface area contributed by atoms with E-state index in [1.165, 1.54) is 18.4 Å². The zero-order valence-corrected chi connectivity index (χ0v) is 15.3. The quantitative estimate of drug-likeness (QED) is 0.741. The molecule has 0 spiro atoms. The van der Waals surface area contributed by atoms with Crippen molar-refractivity contribution < 1.29 is 0 Å². The number of nitrogens with one attached hydrogen (secondary N) is 1. The molecule has 4 rings (SSSR count). The predicted molar refractivity (Wildman–Crippen MR) is 105 cm³/mol. The van der Waals surface area contributed by atoms with Crippen LogP contribution in [0.15, 0.2) is 24.5 Å². The zero-order chi connectivity index (χ0) is 17.4. The van der Waals surface area contributed by atoms with Gasteiger partial charge in [0.05, 0.1) is 10.2 Å². The first kappa shape index (κ1) is 16.1. The highest BCUT2D eigenvalue weighted by molar-refractivity contribution is 7.22. The first-order chi connectivity index (χ1) is 12.1. The minimum Gasteiger partial charge on any atom is -0.393 e. The standard InChI is InChI=1S/C18H22N6S/c1-11-6-8-24(9-7-11)17-14(19)16(20-10-21-17)23-18-22-15-12(2)4-3-5-13(15)25-18/h3-5,10-11H,6-9,19H2,1-2H3,(H,20,21,22,23). The first-order valence-electron chi connectivity index (χ1n) is 8.60. The van der Waals surface area contributed by atoms with E-state index in [2.05, 4.69) is 51.1 Å². The minimum atomic E-state index is 0.591. The number of benzene rings is 1. The smallest absolute Gasteiger partial charge is 0.189 e. The number of aromatic nitrogens is 3. The van der Waals surface area contributed by atoms with E-state index in [0.717, 1.165) is 40.2 Å². The third kappa shape index (κ3) is 3.11. The van der Waals surface area contributed by atoms with Crippen molar-refractivity contribution in [3.63, 3.8) is 0 Å². The summed E-state index contributed by atoms with van der Waals surface area (Å²) in [6.07, 6.45) is 3.91. The third-order valence-electron chi connectivity index (χ3n) is 4.79. The maximum atomic E-state index is 6.37. The highest BCUT2D eigenvalue weighted by Crippen LogP contribution is 2.34.